The van der Waals surface area contributed by atoms with Gasteiger partial charge in [-0.15, -0.1) is 0 Å². The standard InChI is InChI=1S/C51H68N5O12P/c1-8-47(61)27-33-28-50(46(60)65-7,41-35(17-22-54(29-33)30-47)34-15-12-13-16-38(34)53-41)37-25-36-39(26-40(37)64-6)56(31-57)43-49(36)19-23-55-21-14-18-48(9-2,42(49)55)44(68-32(5)58)51(43,62)45(59)52-20-24-69(63,66-10-3)67-11-4/h12-16,18,25-26,31,33,42-44,53,61-62H,8-11,17,19-24,27-30H2,1-7H3,(H,52,59)/t33-,42?,43+,44+,47-,48+,49+,50-,51-/m0/s1. The van der Waals surface area contributed by atoms with Gasteiger partial charge in [0.25, 0.3) is 5.91 Å². The number of carbonyl (C=O) groups excluding carboxylic acids is 4. The molecule has 9 rings (SSSR count). The quantitative estimate of drug-likeness (QED) is 0.0703. The van der Waals surface area contributed by atoms with Crippen LogP contribution in [0.5, 0.6) is 5.75 Å². The van der Waals surface area contributed by atoms with Crippen molar-refractivity contribution in [3.8, 4) is 5.75 Å². The van der Waals surface area contributed by atoms with Gasteiger partial charge >= 0.3 is 19.5 Å². The van der Waals surface area contributed by atoms with Gasteiger partial charge in [0, 0.05) is 84.7 Å². The minimum atomic E-state index is -3.66. The van der Waals surface area contributed by atoms with Crippen molar-refractivity contribution in [3.05, 3.63) is 70.9 Å². The van der Waals surface area contributed by atoms with E-state index in [1.807, 2.05) is 56.3 Å². The molecule has 2 aromatic carbocycles. The zero-order chi connectivity index (χ0) is 49.3. The lowest BCUT2D eigenvalue weighted by Crippen LogP contribution is -2.82. The monoisotopic (exact) mass is 973 g/mol. The number of aliphatic hydroxyl groups is 2. The van der Waals surface area contributed by atoms with Crippen molar-refractivity contribution in [1.29, 1.82) is 0 Å². The highest BCUT2D eigenvalue weighted by Crippen LogP contribution is 2.68. The molecule has 374 valence electrons. The number of benzene rings is 2. The molecule has 1 aliphatic carbocycles. The summed E-state index contributed by atoms with van der Waals surface area (Å²) in [4.78, 5) is 68.0. The lowest BCUT2D eigenvalue weighted by molar-refractivity contribution is -0.217. The van der Waals surface area contributed by atoms with Gasteiger partial charge in [0.05, 0.1) is 50.9 Å². The van der Waals surface area contributed by atoms with Gasteiger partial charge in [-0.25, -0.2) is 0 Å². The van der Waals surface area contributed by atoms with Crippen LogP contribution in [0.3, 0.4) is 0 Å². The average Bonchev–Trinajstić information content (AvgIpc) is 4.01. The molecule has 1 saturated carbocycles. The van der Waals surface area contributed by atoms with E-state index >= 15 is 9.59 Å². The molecule has 3 aromatic rings. The molecule has 5 aliphatic heterocycles. The summed E-state index contributed by atoms with van der Waals surface area (Å²) in [5, 5.41) is 29.7. The molecule has 2 saturated heterocycles. The third kappa shape index (κ3) is 7.34. The molecular formula is C51H68N5O12P. The Labute approximate surface area is 403 Å². The number of nitrogens with zero attached hydrogens (tertiary/aromatic N) is 3. The fourth-order valence-corrected chi connectivity index (χ4v) is 15.7. The molecule has 2 unspecified atom stereocenters. The first-order valence-corrected chi connectivity index (χ1v) is 26.3. The fraction of sp³-hybridized carbons (Fsp3) is 0.608. The Kier molecular flexibility index (Phi) is 13.0. The summed E-state index contributed by atoms with van der Waals surface area (Å²) in [6.07, 6.45) is 5.28. The number of hydrogen-bond acceptors (Lipinski definition) is 14. The predicted octanol–water partition coefficient (Wildman–Crippen LogP) is 4.73. The van der Waals surface area contributed by atoms with Crippen LogP contribution in [0, 0.1) is 11.3 Å². The summed E-state index contributed by atoms with van der Waals surface area (Å²) in [5.41, 5.74) is -3.69. The molecule has 6 aliphatic rings. The third-order valence-electron chi connectivity index (χ3n) is 16.7. The number of methoxy groups -OCH3 is 2. The molecular weight excluding hydrogens is 906 g/mol. The zero-order valence-corrected chi connectivity index (χ0v) is 41.8. The number of para-hydroxylation sites is 1. The molecule has 2 bridgehead atoms. The molecule has 69 heavy (non-hydrogen) atoms. The Morgan fingerprint density at radius 1 is 0.986 bits per heavy atom. The summed E-state index contributed by atoms with van der Waals surface area (Å²) >= 11 is 0. The average molecular weight is 974 g/mol. The lowest BCUT2D eigenvalue weighted by Gasteiger charge is -2.63. The second-order valence-electron chi connectivity index (χ2n) is 20.0. The van der Waals surface area contributed by atoms with E-state index in [0.29, 0.717) is 93.7 Å². The van der Waals surface area contributed by atoms with E-state index in [2.05, 4.69) is 20.1 Å². The van der Waals surface area contributed by atoms with Crippen LogP contribution in [0.2, 0.25) is 0 Å². The second-order valence-corrected chi connectivity index (χ2v) is 22.2. The van der Waals surface area contributed by atoms with Crippen LogP contribution >= 0.6 is 7.60 Å². The maximum atomic E-state index is 15.5. The van der Waals surface area contributed by atoms with Gasteiger partial charge in [-0.3, -0.25) is 33.5 Å². The van der Waals surface area contributed by atoms with Crippen molar-refractivity contribution >= 4 is 48.4 Å². The number of hydrogen-bond donors (Lipinski definition) is 4. The zero-order valence-electron chi connectivity index (χ0n) is 40.9. The van der Waals surface area contributed by atoms with E-state index in [1.54, 1.807) is 19.9 Å². The maximum absolute atomic E-state index is 15.5. The first-order valence-electron chi connectivity index (χ1n) is 24.6. The Hall–Kier alpha value is -4.61. The third-order valence-corrected chi connectivity index (χ3v) is 18.8. The summed E-state index contributed by atoms with van der Waals surface area (Å²) in [5.74, 6) is -2.11. The number of H-pyrrole nitrogens is 1. The molecule has 1 aromatic heterocycles. The summed E-state index contributed by atoms with van der Waals surface area (Å²) < 4.78 is 43.2. The van der Waals surface area contributed by atoms with Gasteiger partial charge in [-0.05, 0) is 88.1 Å². The van der Waals surface area contributed by atoms with Crippen LogP contribution in [0.25, 0.3) is 10.9 Å². The van der Waals surface area contributed by atoms with Crippen LogP contribution in [-0.4, -0.2) is 152 Å². The number of aromatic nitrogens is 1. The number of amides is 2. The fourth-order valence-electron chi connectivity index (χ4n) is 14.2. The number of ether oxygens (including phenoxy) is 3. The van der Waals surface area contributed by atoms with Crippen LogP contribution in [0.1, 0.15) is 89.1 Å². The molecule has 0 radical (unpaired) electrons. The van der Waals surface area contributed by atoms with Crippen molar-refractivity contribution in [2.75, 3.05) is 77.8 Å². The van der Waals surface area contributed by atoms with Crippen LogP contribution < -0.4 is 15.0 Å². The highest BCUT2D eigenvalue weighted by Gasteiger charge is 2.80. The normalized spacial score (nSPS) is 33.5. The number of piperidine rings is 1. The molecule has 18 heteroatoms. The van der Waals surface area contributed by atoms with Crippen molar-refractivity contribution < 1.29 is 57.2 Å². The summed E-state index contributed by atoms with van der Waals surface area (Å²) in [6.45, 7) is 11.3. The Morgan fingerprint density at radius 2 is 1.74 bits per heavy atom. The van der Waals surface area contributed by atoms with Gasteiger partial charge in [0.15, 0.2) is 6.10 Å². The molecule has 2 amide bonds. The van der Waals surface area contributed by atoms with Gasteiger partial charge < -0.3 is 48.7 Å². The molecule has 3 fully saturated rings. The van der Waals surface area contributed by atoms with Gasteiger partial charge in [-0.2, -0.15) is 0 Å². The topological polar surface area (TPSA) is 209 Å². The van der Waals surface area contributed by atoms with E-state index in [4.69, 9.17) is 23.3 Å². The van der Waals surface area contributed by atoms with Gasteiger partial charge in [-0.1, -0.05) is 44.2 Å². The number of nitrogens with one attached hydrogen (secondary N) is 2. The van der Waals surface area contributed by atoms with E-state index in [0.717, 1.165) is 16.5 Å². The molecule has 1 spiro atoms. The number of aromatic amines is 1. The van der Waals surface area contributed by atoms with Crippen LogP contribution in [0.4, 0.5) is 5.69 Å². The Balaban J connectivity index is 1.31. The Morgan fingerprint density at radius 3 is 2.41 bits per heavy atom. The lowest BCUT2D eigenvalue weighted by atomic mass is 9.47. The maximum Gasteiger partial charge on any atom is 0.332 e. The van der Waals surface area contributed by atoms with E-state index < -0.39 is 71.1 Å². The van der Waals surface area contributed by atoms with Crippen molar-refractivity contribution in [2.24, 2.45) is 11.3 Å². The molecule has 4 N–H and O–H groups in total. The number of fused-ring (bicyclic) bond motifs is 6. The number of rotatable bonds is 15. The first-order chi connectivity index (χ1) is 33.0. The van der Waals surface area contributed by atoms with E-state index in [9.17, 15) is 24.4 Å². The van der Waals surface area contributed by atoms with Crippen molar-refractivity contribution in [1.82, 2.24) is 20.1 Å². The number of anilines is 1. The Bertz CT molecular complexity index is 2590. The minimum Gasteiger partial charge on any atom is -0.496 e. The van der Waals surface area contributed by atoms with Crippen LogP contribution in [-0.2, 0) is 59.5 Å². The molecule has 17 nitrogen and oxygen atoms in total. The molecule has 6 heterocycles. The second kappa shape index (κ2) is 18.2. The number of esters is 2. The highest BCUT2D eigenvalue weighted by molar-refractivity contribution is 7.53. The van der Waals surface area contributed by atoms with Crippen molar-refractivity contribution in [2.45, 2.75) is 113 Å². The number of carbonyl (C=O) groups is 4. The van der Waals surface area contributed by atoms with Gasteiger partial charge in [0.1, 0.15) is 11.2 Å². The SMILES string of the molecule is CCOP(=O)(CCNC(=O)[C@@]1(O)[C@H](OC(C)=O)[C@]2(CC)C=CCN3CC[C@@]4(c5cc([C@@]6(C(=O)OC)C[C@H]7CN(CCc8c6[nH]c6ccccc86)C[C@](O)(CC)C7)c(OC)cc5N(C=O)[C@@H]14)C32)OCC. The van der Waals surface area contributed by atoms with Gasteiger partial charge in [0.2, 0.25) is 12.0 Å². The van der Waals surface area contributed by atoms with Crippen LogP contribution in [0.15, 0.2) is 48.6 Å². The summed E-state index contributed by atoms with van der Waals surface area (Å²) in [7, 11) is -0.767. The first kappa shape index (κ1) is 49.4. The van der Waals surface area contributed by atoms with E-state index in [-0.39, 0.29) is 44.0 Å². The van der Waals surface area contributed by atoms with E-state index in [1.165, 1.54) is 26.0 Å². The molecule has 10 atom stereocenters. The largest absolute Gasteiger partial charge is 0.496 e. The summed E-state index contributed by atoms with van der Waals surface area (Å²) in [6, 6.07) is 9.76. The minimum absolute atomic E-state index is 0.106. The predicted molar refractivity (Wildman–Crippen MR) is 257 cm³/mol. The smallest absolute Gasteiger partial charge is 0.332 e. The van der Waals surface area contributed by atoms with Crippen molar-refractivity contribution in [3.63, 3.8) is 0 Å². The highest BCUT2D eigenvalue weighted by atomic mass is 31.2.